The van der Waals surface area contributed by atoms with E-state index in [1.807, 2.05) is 24.3 Å². The first-order chi connectivity index (χ1) is 5.36. The molecule has 0 atom stereocenters. The lowest BCUT2D eigenvalue weighted by Gasteiger charge is -2.02. The van der Waals surface area contributed by atoms with Gasteiger partial charge in [-0.1, -0.05) is 12.1 Å². The summed E-state index contributed by atoms with van der Waals surface area (Å²) in [5.74, 6) is 0.783. The van der Waals surface area contributed by atoms with Gasteiger partial charge in [-0.3, -0.25) is 0 Å². The van der Waals surface area contributed by atoms with E-state index in [2.05, 4.69) is 5.11 Å². The van der Waals surface area contributed by atoms with Gasteiger partial charge in [0.2, 0.25) is 0 Å². The van der Waals surface area contributed by atoms with Crippen LogP contribution in [-0.2, 0) is 6.54 Å². The van der Waals surface area contributed by atoms with Gasteiger partial charge in [-0.15, -0.1) is 0 Å². The number of rotatable bonds is 3. The summed E-state index contributed by atoms with van der Waals surface area (Å²) in [5, 5.41) is 3.03. The van der Waals surface area contributed by atoms with E-state index in [1.165, 1.54) is 0 Å². The Bertz CT molecular complexity index is 248. The smallest absolute Gasteiger partial charge is 0.119 e. The Morgan fingerprint density at radius 1 is 1.55 bits per heavy atom. The highest BCUT2D eigenvalue weighted by Gasteiger charge is 1.91. The Morgan fingerprint density at radius 2 is 2.36 bits per heavy atom. The van der Waals surface area contributed by atoms with Gasteiger partial charge in [0.05, 0.1) is 7.11 Å². The molecule has 58 valence electrons. The van der Waals surface area contributed by atoms with Crippen LogP contribution in [0.15, 0.2) is 29.4 Å². The highest BCUT2D eigenvalue weighted by molar-refractivity contribution is 5.28. The van der Waals surface area contributed by atoms with E-state index >= 15 is 0 Å². The molecule has 0 saturated heterocycles. The maximum absolute atomic E-state index is 8.27. The van der Waals surface area contributed by atoms with Crippen LogP contribution >= 0.6 is 0 Å². The van der Waals surface area contributed by atoms with Crippen molar-refractivity contribution in [3.8, 4) is 5.75 Å². The van der Waals surface area contributed by atoms with Crippen LogP contribution in [0.1, 0.15) is 5.56 Å². The summed E-state index contributed by atoms with van der Waals surface area (Å²) in [6.45, 7) is 0.317. The van der Waals surface area contributed by atoms with Crippen molar-refractivity contribution >= 4 is 0 Å². The van der Waals surface area contributed by atoms with Crippen molar-refractivity contribution in [3.63, 3.8) is 0 Å². The molecule has 3 nitrogen and oxygen atoms in total. The van der Waals surface area contributed by atoms with Crippen LogP contribution in [0, 0.1) is 0 Å². The molecule has 0 unspecified atom stereocenters. The van der Waals surface area contributed by atoms with E-state index in [4.69, 9.17) is 10.3 Å². The predicted octanol–water partition coefficient (Wildman–Crippen LogP) is 2.22. The second-order valence-electron chi connectivity index (χ2n) is 2.15. The van der Waals surface area contributed by atoms with Crippen molar-refractivity contribution in [2.75, 3.05) is 7.11 Å². The maximum atomic E-state index is 8.27. The van der Waals surface area contributed by atoms with E-state index in [1.54, 1.807) is 7.11 Å². The third kappa shape index (κ3) is 2.04. The van der Waals surface area contributed by atoms with Crippen LogP contribution in [0.4, 0.5) is 0 Å². The second kappa shape index (κ2) is 3.71. The van der Waals surface area contributed by atoms with Gasteiger partial charge in [0.25, 0.3) is 0 Å². The molecule has 0 aliphatic heterocycles. The van der Waals surface area contributed by atoms with Gasteiger partial charge in [0.15, 0.2) is 0 Å². The fourth-order valence-electron chi connectivity index (χ4n) is 0.852. The third-order valence-corrected chi connectivity index (χ3v) is 1.39. The monoisotopic (exact) mass is 149 g/mol. The average Bonchev–Trinajstić information content (AvgIpc) is 2.06. The topological polar surface area (TPSA) is 43.9 Å². The summed E-state index contributed by atoms with van der Waals surface area (Å²) in [6, 6.07) is 7.42. The van der Waals surface area contributed by atoms with Crippen LogP contribution in [-0.4, -0.2) is 7.11 Å². The normalized spacial score (nSPS) is 9.18. The molecule has 0 aromatic heterocycles. The molecule has 3 heteroatoms. The Hall–Kier alpha value is -1.38. The molecule has 11 heavy (non-hydrogen) atoms. The van der Waals surface area contributed by atoms with Gasteiger partial charge in [0.1, 0.15) is 5.75 Å². The molecule has 0 amide bonds. The van der Waals surface area contributed by atoms with Crippen molar-refractivity contribution in [3.05, 3.63) is 35.4 Å². The first-order valence-corrected chi connectivity index (χ1v) is 3.30. The summed E-state index contributed by atoms with van der Waals surface area (Å²) in [4.78, 5) is 0. The predicted molar refractivity (Wildman–Crippen MR) is 42.5 cm³/mol. The van der Waals surface area contributed by atoms with E-state index < -0.39 is 0 Å². The maximum Gasteiger partial charge on any atom is 0.119 e. The van der Waals surface area contributed by atoms with E-state index in [9.17, 15) is 0 Å². The number of ether oxygens (including phenoxy) is 1. The molecule has 0 saturated carbocycles. The number of hydrogen-bond acceptors (Lipinski definition) is 2. The van der Waals surface area contributed by atoms with Crippen LogP contribution in [0.2, 0.25) is 0 Å². The molecule has 0 aliphatic carbocycles. The quantitative estimate of drug-likeness (QED) is 0.607. The molecule has 0 N–H and O–H groups in total. The van der Waals surface area contributed by atoms with E-state index in [-0.39, 0.29) is 0 Å². The fourth-order valence-corrected chi connectivity index (χ4v) is 0.852. The van der Waals surface area contributed by atoms with Gasteiger partial charge in [-0.05, 0) is 17.7 Å². The van der Waals surface area contributed by atoms with E-state index in [0.29, 0.717) is 6.54 Å². The Labute approximate surface area is 65.5 Å². The number of nitrogens with zero attached hydrogens (tertiary/aromatic N) is 2. The van der Waals surface area contributed by atoms with Gasteiger partial charge in [0, 0.05) is 6.54 Å². The van der Waals surface area contributed by atoms with Crippen LogP contribution in [0.25, 0.3) is 5.53 Å². The Kier molecular flexibility index (Phi) is 2.60. The van der Waals surface area contributed by atoms with Crippen molar-refractivity contribution < 1.29 is 4.74 Å². The van der Waals surface area contributed by atoms with Crippen molar-refractivity contribution in [1.82, 2.24) is 0 Å². The molecule has 0 fully saturated rings. The number of benzene rings is 1. The lowest BCUT2D eigenvalue weighted by Crippen LogP contribution is -1.84. The first kappa shape index (κ1) is 7.72. The van der Waals surface area contributed by atoms with Gasteiger partial charge in [-0.25, -0.2) is 0 Å². The van der Waals surface area contributed by atoms with Crippen LogP contribution < -0.4 is 4.74 Å². The summed E-state index contributed by atoms with van der Waals surface area (Å²) < 4.78 is 4.98. The molecule has 1 aromatic carbocycles. The standard InChI is InChI=1S/C8H9N2O/c1-11-8-4-2-3-7(5-8)6-10-9/h2-5H,6H2,1H3/q-1. The molecular weight excluding hydrogens is 140 g/mol. The lowest BCUT2D eigenvalue weighted by atomic mass is 10.2. The molecular formula is C8H9N2O-. The minimum Gasteiger partial charge on any atom is -0.712 e. The Balaban J connectivity index is 2.82. The summed E-state index contributed by atoms with van der Waals surface area (Å²) in [7, 11) is 1.61. The SMILES string of the molecule is COc1cccc(CN=[N-])c1. The summed E-state index contributed by atoms with van der Waals surface area (Å²) in [6.07, 6.45) is 0. The summed E-state index contributed by atoms with van der Waals surface area (Å²) in [5.41, 5.74) is 9.20. The minimum absolute atomic E-state index is 0.317. The zero-order chi connectivity index (χ0) is 8.10. The van der Waals surface area contributed by atoms with Crippen LogP contribution in [0.5, 0.6) is 5.75 Å². The lowest BCUT2D eigenvalue weighted by molar-refractivity contribution is 0.414. The molecule has 0 bridgehead atoms. The van der Waals surface area contributed by atoms with Gasteiger partial charge < -0.3 is 15.4 Å². The molecule has 0 heterocycles. The number of methoxy groups -OCH3 is 1. The average molecular weight is 149 g/mol. The van der Waals surface area contributed by atoms with Crippen molar-refractivity contribution in [2.45, 2.75) is 6.54 Å². The largest absolute Gasteiger partial charge is 0.712 e. The minimum atomic E-state index is 0.317. The van der Waals surface area contributed by atoms with Crippen LogP contribution in [0.3, 0.4) is 0 Å². The van der Waals surface area contributed by atoms with Crippen molar-refractivity contribution in [1.29, 1.82) is 0 Å². The molecule has 1 rings (SSSR count). The highest BCUT2D eigenvalue weighted by Crippen LogP contribution is 2.12. The molecule has 1 aromatic rings. The van der Waals surface area contributed by atoms with Gasteiger partial charge in [-0.2, -0.15) is 0 Å². The summed E-state index contributed by atoms with van der Waals surface area (Å²) >= 11 is 0. The fraction of sp³-hybridized carbons (Fsp3) is 0.250. The zero-order valence-corrected chi connectivity index (χ0v) is 6.32. The van der Waals surface area contributed by atoms with Crippen molar-refractivity contribution in [2.24, 2.45) is 5.11 Å². The number of hydrogen-bond donors (Lipinski definition) is 0. The molecule has 0 radical (unpaired) electrons. The first-order valence-electron chi connectivity index (χ1n) is 3.30. The second-order valence-corrected chi connectivity index (χ2v) is 2.15. The third-order valence-electron chi connectivity index (χ3n) is 1.39. The Morgan fingerprint density at radius 3 is 3.00 bits per heavy atom. The highest BCUT2D eigenvalue weighted by atomic mass is 16.5. The zero-order valence-electron chi connectivity index (χ0n) is 6.32. The van der Waals surface area contributed by atoms with E-state index in [0.717, 1.165) is 11.3 Å². The molecule has 0 aliphatic rings. The van der Waals surface area contributed by atoms with Gasteiger partial charge >= 0.3 is 0 Å². The molecule has 0 spiro atoms.